The molecule has 0 aromatic heterocycles. The third-order valence-electron chi connectivity index (χ3n) is 13.1. The molecule has 52 heavy (non-hydrogen) atoms. The van der Waals surface area contributed by atoms with Gasteiger partial charge in [-0.2, -0.15) is 0 Å². The summed E-state index contributed by atoms with van der Waals surface area (Å²) in [6.07, 6.45) is 12.1. The largest absolute Gasteiger partial charge is 0.450 e. The van der Waals surface area contributed by atoms with E-state index in [1.165, 1.54) is 0 Å². The third kappa shape index (κ3) is 8.40. The maximum absolute atomic E-state index is 14.7. The lowest BCUT2D eigenvalue weighted by Gasteiger charge is -2.49. The van der Waals surface area contributed by atoms with Crippen molar-refractivity contribution in [3.63, 3.8) is 0 Å². The van der Waals surface area contributed by atoms with Gasteiger partial charge in [0.05, 0.1) is 18.8 Å². The van der Waals surface area contributed by atoms with E-state index in [9.17, 15) is 19.8 Å². The molecule has 5 rings (SSSR count). The van der Waals surface area contributed by atoms with Gasteiger partial charge in [-0.25, -0.2) is 4.79 Å². The Balaban J connectivity index is 1.30. The fraction of sp³-hybridized carbons (Fsp3) is 0.767. The molecule has 10 unspecified atom stereocenters. The summed E-state index contributed by atoms with van der Waals surface area (Å²) in [6, 6.07) is 0. The molecule has 0 bridgehead atoms. The van der Waals surface area contributed by atoms with Crippen molar-refractivity contribution in [2.45, 2.75) is 174 Å². The van der Waals surface area contributed by atoms with Crippen molar-refractivity contribution in [1.29, 1.82) is 0 Å². The molecule has 0 radical (unpaired) electrons. The number of nitrogens with two attached hydrogens (primary N) is 1. The van der Waals surface area contributed by atoms with Crippen LogP contribution in [-0.4, -0.2) is 70.6 Å². The number of carbonyl (C=O) groups excluding carboxylic acids is 2. The number of hydrogen-bond donors (Lipinski definition) is 3. The van der Waals surface area contributed by atoms with Gasteiger partial charge in [-0.05, 0) is 128 Å². The van der Waals surface area contributed by atoms with Gasteiger partial charge >= 0.3 is 5.97 Å². The number of aliphatic hydroxyl groups is 2. The molecule has 4 aliphatic heterocycles. The van der Waals surface area contributed by atoms with Gasteiger partial charge in [-0.1, -0.05) is 44.6 Å². The maximum atomic E-state index is 14.7. The molecule has 0 aromatic rings. The zero-order valence-corrected chi connectivity index (χ0v) is 33.1. The highest BCUT2D eigenvalue weighted by Crippen LogP contribution is 2.55. The Kier molecular flexibility index (Phi) is 12.9. The zero-order chi connectivity index (χ0) is 38.1. The first kappa shape index (κ1) is 41.0. The topological polar surface area (TPSA) is 138 Å². The zero-order valence-electron chi connectivity index (χ0n) is 33.1. The molecule has 9 heteroatoms. The summed E-state index contributed by atoms with van der Waals surface area (Å²) >= 11 is 0. The smallest absolute Gasteiger partial charge is 0.334 e. The number of aliphatic hydroxyl groups excluding tert-OH is 1. The predicted octanol–water partition coefficient (Wildman–Crippen LogP) is 7.54. The van der Waals surface area contributed by atoms with Crippen molar-refractivity contribution in [3.05, 3.63) is 46.6 Å². The molecular weight excluding hydrogens is 658 g/mol. The first-order chi connectivity index (χ1) is 24.5. The summed E-state index contributed by atoms with van der Waals surface area (Å²) in [5.74, 6) is -1.38. The number of rotatable bonds is 15. The van der Waals surface area contributed by atoms with Crippen LogP contribution in [0.2, 0.25) is 0 Å². The number of esters is 1. The SMILES string of the molecule is C=C(CCCC(=O)C1(CCC(C)CN)CCC(C2C=C(C)C(=O)O2)=C(C)C1C=C(C)C(O)CC)CC1CCC(C)(O)C2(CCC3(CC(C)CO3)O2)O1. The second-order valence-electron chi connectivity index (χ2n) is 17.4. The summed E-state index contributed by atoms with van der Waals surface area (Å²) in [5, 5.41) is 22.3. The Hall–Kier alpha value is -2.14. The number of carbonyl (C=O) groups is 2. The standard InChI is InChI=1S/C43H67NO8/c1-9-36(45)30(5)22-35-32(7)34(37-23-31(6)39(47)50-37)15-18-41(35,17-13-28(3)25-44)38(46)12-10-11-27(2)21-33-14-16-40(8,48)43(51-33)20-19-42(52-43)24-29(4)26-49-42/h22-23,28-29,33,35-37,45,48H,2,9-21,24-26,44H2,1,3-8H3. The minimum absolute atomic E-state index is 0.129. The van der Waals surface area contributed by atoms with Crippen molar-refractivity contribution in [2.75, 3.05) is 13.2 Å². The number of cyclic esters (lactones) is 1. The molecule has 9 nitrogen and oxygen atoms in total. The van der Waals surface area contributed by atoms with Crippen LogP contribution >= 0.6 is 0 Å². The van der Waals surface area contributed by atoms with Crippen LogP contribution in [0, 0.1) is 23.2 Å². The number of ether oxygens (including phenoxy) is 4. The number of allylic oxidation sites excluding steroid dienone is 2. The molecule has 5 aliphatic rings. The van der Waals surface area contributed by atoms with Gasteiger partial charge in [-0.15, -0.1) is 0 Å². The summed E-state index contributed by atoms with van der Waals surface area (Å²) in [4.78, 5) is 27.1. The summed E-state index contributed by atoms with van der Waals surface area (Å²) in [6.45, 7) is 19.5. The van der Waals surface area contributed by atoms with Crippen molar-refractivity contribution in [2.24, 2.45) is 28.9 Å². The van der Waals surface area contributed by atoms with Crippen LogP contribution in [0.1, 0.15) is 138 Å². The molecule has 0 saturated carbocycles. The molecule has 1 aliphatic carbocycles. The fourth-order valence-electron chi connectivity index (χ4n) is 9.55. The highest BCUT2D eigenvalue weighted by Gasteiger charge is 2.63. The average Bonchev–Trinajstić information content (AvgIpc) is 3.77. The van der Waals surface area contributed by atoms with Gasteiger partial charge in [0.15, 0.2) is 5.79 Å². The summed E-state index contributed by atoms with van der Waals surface area (Å²) in [7, 11) is 0. The predicted molar refractivity (Wildman–Crippen MR) is 202 cm³/mol. The lowest BCUT2D eigenvalue weighted by atomic mass is 9.58. The van der Waals surface area contributed by atoms with Crippen LogP contribution < -0.4 is 5.73 Å². The van der Waals surface area contributed by atoms with E-state index >= 15 is 0 Å². The van der Waals surface area contributed by atoms with Crippen molar-refractivity contribution in [3.8, 4) is 0 Å². The van der Waals surface area contributed by atoms with Crippen LogP contribution in [0.3, 0.4) is 0 Å². The quantitative estimate of drug-likeness (QED) is 0.116. The summed E-state index contributed by atoms with van der Waals surface area (Å²) < 4.78 is 25.1. The van der Waals surface area contributed by atoms with Crippen molar-refractivity contribution >= 4 is 11.8 Å². The third-order valence-corrected chi connectivity index (χ3v) is 13.1. The normalized spacial score (nSPS) is 37.8. The maximum Gasteiger partial charge on any atom is 0.334 e. The van der Waals surface area contributed by atoms with E-state index in [-0.39, 0.29) is 29.7 Å². The molecule has 0 aromatic carbocycles. The van der Waals surface area contributed by atoms with Gasteiger partial charge in [-0.3, -0.25) is 4.79 Å². The van der Waals surface area contributed by atoms with Crippen LogP contribution in [-0.2, 0) is 28.5 Å². The lowest BCUT2D eigenvalue weighted by Crippen LogP contribution is -2.60. The first-order valence-corrected chi connectivity index (χ1v) is 20.1. The monoisotopic (exact) mass is 725 g/mol. The lowest BCUT2D eigenvalue weighted by molar-refractivity contribution is -0.384. The number of ketones is 1. The summed E-state index contributed by atoms with van der Waals surface area (Å²) in [5.41, 5.74) is 8.92. The van der Waals surface area contributed by atoms with Crippen LogP contribution in [0.4, 0.5) is 0 Å². The minimum atomic E-state index is -1.11. The molecule has 3 fully saturated rings. The van der Waals surface area contributed by atoms with E-state index < -0.39 is 34.8 Å². The highest BCUT2D eigenvalue weighted by atomic mass is 16.8. The van der Waals surface area contributed by atoms with Gasteiger partial charge in [0.25, 0.3) is 0 Å². The number of hydrogen-bond acceptors (Lipinski definition) is 9. The second kappa shape index (κ2) is 16.3. The molecular formula is C43H67NO8. The van der Waals surface area contributed by atoms with E-state index in [2.05, 4.69) is 33.4 Å². The Morgan fingerprint density at radius 3 is 2.58 bits per heavy atom. The van der Waals surface area contributed by atoms with Crippen LogP contribution in [0.5, 0.6) is 0 Å². The van der Waals surface area contributed by atoms with Gasteiger partial charge in [0.1, 0.15) is 17.5 Å². The van der Waals surface area contributed by atoms with E-state index in [1.807, 2.05) is 26.8 Å². The van der Waals surface area contributed by atoms with E-state index in [0.717, 1.165) is 35.1 Å². The highest BCUT2D eigenvalue weighted by molar-refractivity contribution is 5.91. The fourth-order valence-corrected chi connectivity index (χ4v) is 9.55. The molecule has 3 saturated heterocycles. The van der Waals surface area contributed by atoms with Crippen LogP contribution in [0.15, 0.2) is 46.6 Å². The molecule has 2 spiro atoms. The van der Waals surface area contributed by atoms with Crippen LogP contribution in [0.25, 0.3) is 0 Å². The molecule has 0 amide bonds. The van der Waals surface area contributed by atoms with Crippen molar-refractivity contribution < 1.29 is 38.7 Å². The molecule has 10 atom stereocenters. The van der Waals surface area contributed by atoms with Gasteiger partial charge in [0.2, 0.25) is 5.79 Å². The Bertz CT molecular complexity index is 1450. The van der Waals surface area contributed by atoms with E-state index in [0.29, 0.717) is 102 Å². The minimum Gasteiger partial charge on any atom is -0.450 e. The molecule has 292 valence electrons. The Labute approximate surface area is 312 Å². The number of Topliss-reactive ketones (excluding diaryl/α,β-unsaturated/α-hetero) is 1. The van der Waals surface area contributed by atoms with Gasteiger partial charge in [0, 0.05) is 42.6 Å². The first-order valence-electron chi connectivity index (χ1n) is 20.1. The van der Waals surface area contributed by atoms with Crippen molar-refractivity contribution in [1.82, 2.24) is 0 Å². The Morgan fingerprint density at radius 2 is 1.94 bits per heavy atom. The molecule has 4 N–H and O–H groups in total. The van der Waals surface area contributed by atoms with E-state index in [1.54, 1.807) is 6.92 Å². The van der Waals surface area contributed by atoms with E-state index in [4.69, 9.17) is 24.7 Å². The van der Waals surface area contributed by atoms with Gasteiger partial charge < -0.3 is 34.9 Å². The second-order valence-corrected chi connectivity index (χ2v) is 17.4. The molecule has 4 heterocycles. The average molecular weight is 726 g/mol. The Morgan fingerprint density at radius 1 is 1.19 bits per heavy atom.